The first-order valence-electron chi connectivity index (χ1n) is 5.06. The SMILES string of the molecule is C[C](c1ccc(F)cc1)c1ccccc1O. The minimum Gasteiger partial charge on any atom is -0.508 e. The van der Waals surface area contributed by atoms with Crippen LogP contribution in [0.4, 0.5) is 4.39 Å². The van der Waals surface area contributed by atoms with Gasteiger partial charge in [0.2, 0.25) is 0 Å². The van der Waals surface area contributed by atoms with Gasteiger partial charge >= 0.3 is 0 Å². The third-order valence-corrected chi connectivity index (χ3v) is 2.59. The molecule has 1 radical (unpaired) electrons. The van der Waals surface area contributed by atoms with Crippen LogP contribution in [0.25, 0.3) is 0 Å². The van der Waals surface area contributed by atoms with Gasteiger partial charge in [-0.15, -0.1) is 0 Å². The molecule has 2 heteroatoms. The number of hydrogen-bond donors (Lipinski definition) is 1. The maximum absolute atomic E-state index is 12.8. The molecule has 1 N–H and O–H groups in total. The van der Waals surface area contributed by atoms with Crippen molar-refractivity contribution in [3.63, 3.8) is 0 Å². The molecule has 0 atom stereocenters. The Bertz CT molecular complexity index is 476. The van der Waals surface area contributed by atoms with Crippen molar-refractivity contribution in [2.24, 2.45) is 0 Å². The summed E-state index contributed by atoms with van der Waals surface area (Å²) in [6.45, 7) is 1.91. The highest BCUT2D eigenvalue weighted by molar-refractivity contribution is 5.50. The van der Waals surface area contributed by atoms with Gasteiger partial charge in [0.15, 0.2) is 0 Å². The minimum absolute atomic E-state index is 0.240. The van der Waals surface area contributed by atoms with E-state index in [4.69, 9.17) is 0 Å². The van der Waals surface area contributed by atoms with E-state index in [1.165, 1.54) is 12.1 Å². The molecule has 1 nitrogen and oxygen atoms in total. The van der Waals surface area contributed by atoms with Gasteiger partial charge in [-0.3, -0.25) is 0 Å². The normalized spacial score (nSPS) is 10.7. The van der Waals surface area contributed by atoms with Crippen molar-refractivity contribution < 1.29 is 9.50 Å². The Morgan fingerprint density at radius 3 is 2.25 bits per heavy atom. The zero-order valence-electron chi connectivity index (χ0n) is 8.94. The van der Waals surface area contributed by atoms with Crippen molar-refractivity contribution in [2.45, 2.75) is 6.92 Å². The van der Waals surface area contributed by atoms with Gasteiger partial charge < -0.3 is 5.11 Å². The highest BCUT2D eigenvalue weighted by Crippen LogP contribution is 2.29. The molecule has 81 valence electrons. The Labute approximate surface area is 94.2 Å². The molecule has 0 fully saturated rings. The van der Waals surface area contributed by atoms with Gasteiger partial charge in [-0.2, -0.15) is 0 Å². The van der Waals surface area contributed by atoms with Crippen LogP contribution < -0.4 is 0 Å². The average molecular weight is 215 g/mol. The first kappa shape index (κ1) is 10.7. The molecule has 0 unspecified atom stereocenters. The smallest absolute Gasteiger partial charge is 0.123 e. The van der Waals surface area contributed by atoms with Gasteiger partial charge in [0, 0.05) is 11.5 Å². The lowest BCUT2D eigenvalue weighted by molar-refractivity contribution is 0.471. The van der Waals surface area contributed by atoms with Crippen molar-refractivity contribution in [3.8, 4) is 5.75 Å². The second kappa shape index (κ2) is 4.35. The first-order valence-corrected chi connectivity index (χ1v) is 5.06. The van der Waals surface area contributed by atoms with Crippen LogP contribution in [0.2, 0.25) is 0 Å². The van der Waals surface area contributed by atoms with Crippen LogP contribution >= 0.6 is 0 Å². The summed E-state index contributed by atoms with van der Waals surface area (Å²) in [5.74, 6) is 0.913. The summed E-state index contributed by atoms with van der Waals surface area (Å²) in [7, 11) is 0. The lowest BCUT2D eigenvalue weighted by Gasteiger charge is -2.12. The fraction of sp³-hybridized carbons (Fsp3) is 0.0714. The van der Waals surface area contributed by atoms with Crippen molar-refractivity contribution in [1.29, 1.82) is 0 Å². The molecule has 2 rings (SSSR count). The Morgan fingerprint density at radius 2 is 1.62 bits per heavy atom. The molecule has 0 spiro atoms. The van der Waals surface area contributed by atoms with Crippen LogP contribution in [0.3, 0.4) is 0 Å². The van der Waals surface area contributed by atoms with E-state index in [2.05, 4.69) is 0 Å². The van der Waals surface area contributed by atoms with Crippen molar-refractivity contribution in [1.82, 2.24) is 0 Å². The highest BCUT2D eigenvalue weighted by atomic mass is 19.1. The number of para-hydroxylation sites is 1. The predicted molar refractivity (Wildman–Crippen MR) is 61.6 cm³/mol. The minimum atomic E-state index is -0.256. The molecule has 0 amide bonds. The predicted octanol–water partition coefficient (Wildman–Crippen LogP) is 3.52. The van der Waals surface area contributed by atoms with Gasteiger partial charge in [-0.25, -0.2) is 4.39 Å². The summed E-state index contributed by atoms with van der Waals surface area (Å²) in [6.07, 6.45) is 0. The molecule has 0 aliphatic rings. The molecule has 0 aliphatic carbocycles. The standard InChI is InChI=1S/C14H12FO/c1-10(11-6-8-12(15)9-7-11)13-4-2-3-5-14(13)16/h2-9,16H,1H3. The summed E-state index contributed by atoms with van der Waals surface area (Å²) in [6, 6.07) is 13.4. The molecular weight excluding hydrogens is 203 g/mol. The quantitative estimate of drug-likeness (QED) is 0.812. The van der Waals surface area contributed by atoms with Crippen LogP contribution in [-0.4, -0.2) is 5.11 Å². The van der Waals surface area contributed by atoms with Crippen LogP contribution in [0.1, 0.15) is 18.1 Å². The van der Waals surface area contributed by atoms with Gasteiger partial charge in [0.05, 0.1) is 0 Å². The number of benzene rings is 2. The molecular formula is C14H12FO. The van der Waals surface area contributed by atoms with Crippen LogP contribution in [-0.2, 0) is 0 Å². The number of phenols is 1. The number of rotatable bonds is 2. The van der Waals surface area contributed by atoms with E-state index < -0.39 is 0 Å². The van der Waals surface area contributed by atoms with Crippen molar-refractivity contribution in [3.05, 3.63) is 71.4 Å². The lowest BCUT2D eigenvalue weighted by Crippen LogP contribution is -1.97. The molecule has 0 aromatic heterocycles. The molecule has 0 saturated carbocycles. The summed E-state index contributed by atoms with van der Waals surface area (Å²) in [5.41, 5.74) is 1.68. The molecule has 0 saturated heterocycles. The number of phenolic OH excluding ortho intramolecular Hbond substituents is 1. The molecule has 0 bridgehead atoms. The van der Waals surface area contributed by atoms with E-state index in [9.17, 15) is 9.50 Å². The summed E-state index contributed by atoms with van der Waals surface area (Å²) >= 11 is 0. The molecule has 16 heavy (non-hydrogen) atoms. The summed E-state index contributed by atoms with van der Waals surface area (Å²) < 4.78 is 12.8. The lowest BCUT2D eigenvalue weighted by atomic mass is 9.92. The Hall–Kier alpha value is -1.83. The first-order chi connectivity index (χ1) is 7.68. The molecule has 2 aromatic carbocycles. The number of halogens is 1. The third-order valence-electron chi connectivity index (χ3n) is 2.59. The zero-order valence-corrected chi connectivity index (χ0v) is 8.94. The second-order valence-corrected chi connectivity index (χ2v) is 3.65. The molecule has 0 heterocycles. The fourth-order valence-electron chi connectivity index (χ4n) is 1.65. The van der Waals surface area contributed by atoms with E-state index in [0.29, 0.717) is 0 Å². The summed E-state index contributed by atoms with van der Waals surface area (Å²) in [5, 5.41) is 9.70. The zero-order chi connectivity index (χ0) is 11.5. The maximum atomic E-state index is 12.8. The largest absolute Gasteiger partial charge is 0.508 e. The van der Waals surface area contributed by atoms with E-state index in [0.717, 1.165) is 17.0 Å². The highest BCUT2D eigenvalue weighted by Gasteiger charge is 2.12. The Morgan fingerprint density at radius 1 is 1.00 bits per heavy atom. The van der Waals surface area contributed by atoms with Gasteiger partial charge in [0.25, 0.3) is 0 Å². The number of hydrogen-bond acceptors (Lipinski definition) is 1. The van der Waals surface area contributed by atoms with Crippen molar-refractivity contribution >= 4 is 0 Å². The fourth-order valence-corrected chi connectivity index (χ4v) is 1.65. The number of aromatic hydroxyl groups is 1. The Kier molecular flexibility index (Phi) is 2.91. The van der Waals surface area contributed by atoms with E-state index in [-0.39, 0.29) is 11.6 Å². The van der Waals surface area contributed by atoms with Gasteiger partial charge in [-0.05, 0) is 23.8 Å². The summed E-state index contributed by atoms with van der Waals surface area (Å²) in [4.78, 5) is 0. The molecule has 2 aromatic rings. The van der Waals surface area contributed by atoms with Crippen LogP contribution in [0.5, 0.6) is 5.75 Å². The molecule has 0 aliphatic heterocycles. The maximum Gasteiger partial charge on any atom is 0.123 e. The van der Waals surface area contributed by atoms with E-state index >= 15 is 0 Å². The van der Waals surface area contributed by atoms with Gasteiger partial charge in [0.1, 0.15) is 11.6 Å². The average Bonchev–Trinajstić information content (AvgIpc) is 2.30. The van der Waals surface area contributed by atoms with E-state index in [1.807, 2.05) is 19.1 Å². The van der Waals surface area contributed by atoms with Crippen molar-refractivity contribution in [2.75, 3.05) is 0 Å². The van der Waals surface area contributed by atoms with Gasteiger partial charge in [-0.1, -0.05) is 37.3 Å². The third kappa shape index (κ3) is 2.06. The van der Waals surface area contributed by atoms with Crippen LogP contribution in [0.15, 0.2) is 48.5 Å². The topological polar surface area (TPSA) is 20.2 Å². The van der Waals surface area contributed by atoms with E-state index in [1.54, 1.807) is 24.3 Å². The second-order valence-electron chi connectivity index (χ2n) is 3.65. The monoisotopic (exact) mass is 215 g/mol. The Balaban J connectivity index is 2.35. The van der Waals surface area contributed by atoms with Crippen LogP contribution in [0, 0.1) is 11.7 Å².